The van der Waals surface area contributed by atoms with Crippen LogP contribution in [0.2, 0.25) is 0 Å². The molecule has 2 fully saturated rings. The highest BCUT2D eigenvalue weighted by atomic mass is 32.1. The fraction of sp³-hybridized carbons (Fsp3) is 0.545. The molecule has 2 saturated heterocycles. The van der Waals surface area contributed by atoms with E-state index >= 15 is 0 Å². The van der Waals surface area contributed by atoms with Crippen molar-refractivity contribution in [1.29, 1.82) is 0 Å². The molecule has 0 amide bonds. The topological polar surface area (TPSA) is 87.5 Å². The summed E-state index contributed by atoms with van der Waals surface area (Å²) in [5.41, 5.74) is 1.08. The summed E-state index contributed by atoms with van der Waals surface area (Å²) in [5, 5.41) is 28.1. The molecule has 4 heterocycles. The van der Waals surface area contributed by atoms with Gasteiger partial charge in [-0.1, -0.05) is 6.92 Å². The van der Waals surface area contributed by atoms with Gasteiger partial charge in [0.05, 0.1) is 13.2 Å². The van der Waals surface area contributed by atoms with Crippen molar-refractivity contribution in [1.82, 2.24) is 20.4 Å². The van der Waals surface area contributed by atoms with Crippen LogP contribution in [0.1, 0.15) is 31.2 Å². The molecule has 5 rings (SSSR count). The summed E-state index contributed by atoms with van der Waals surface area (Å²) >= 11 is 1.53. The van der Waals surface area contributed by atoms with Gasteiger partial charge in [0, 0.05) is 54.7 Å². The van der Waals surface area contributed by atoms with E-state index in [1.54, 1.807) is 6.20 Å². The number of hydrogen-bond donors (Lipinski definition) is 1. The quantitative estimate of drug-likeness (QED) is 0.648. The molecule has 0 radical (unpaired) electrons. The lowest BCUT2D eigenvalue weighted by Gasteiger charge is -2.41. The molecule has 2 atom stereocenters. The van der Waals surface area contributed by atoms with Crippen molar-refractivity contribution in [2.24, 2.45) is 5.92 Å². The Morgan fingerprint density at radius 3 is 2.84 bits per heavy atom. The second-order valence-corrected chi connectivity index (χ2v) is 9.21. The maximum atomic E-state index is 11.5. The number of aliphatic hydroxyl groups is 1. The fourth-order valence-corrected chi connectivity index (χ4v) is 5.71. The molecule has 2 aliphatic rings. The third kappa shape index (κ3) is 3.86. The number of anilines is 2. The zero-order chi connectivity index (χ0) is 21.3. The van der Waals surface area contributed by atoms with Gasteiger partial charge in [0.1, 0.15) is 16.1 Å². The van der Waals surface area contributed by atoms with E-state index in [9.17, 15) is 5.11 Å². The van der Waals surface area contributed by atoms with Gasteiger partial charge in [-0.25, -0.2) is 4.98 Å². The van der Waals surface area contributed by atoms with Crippen LogP contribution in [0, 0.1) is 5.92 Å². The zero-order valence-corrected chi connectivity index (χ0v) is 18.6. The normalized spacial score (nSPS) is 21.9. The molecular weight excluding hydrogens is 412 g/mol. The lowest BCUT2D eigenvalue weighted by atomic mass is 9.80. The first-order valence-electron chi connectivity index (χ1n) is 11.0. The molecule has 2 aromatic heterocycles. The number of thiazole rings is 1. The van der Waals surface area contributed by atoms with E-state index in [4.69, 9.17) is 4.74 Å². The minimum Gasteiger partial charge on any atom is -0.382 e. The van der Waals surface area contributed by atoms with Gasteiger partial charge in [0.25, 0.3) is 0 Å². The van der Waals surface area contributed by atoms with E-state index in [-0.39, 0.29) is 5.92 Å². The molecule has 1 aromatic carbocycles. The fourth-order valence-electron chi connectivity index (χ4n) is 4.82. The van der Waals surface area contributed by atoms with Gasteiger partial charge in [-0.05, 0) is 42.7 Å². The van der Waals surface area contributed by atoms with Crippen LogP contribution in [0.4, 0.5) is 11.5 Å². The van der Waals surface area contributed by atoms with Gasteiger partial charge < -0.3 is 19.6 Å². The maximum Gasteiger partial charge on any atom is 0.162 e. The van der Waals surface area contributed by atoms with Gasteiger partial charge in [-0.3, -0.25) is 0 Å². The van der Waals surface area contributed by atoms with Gasteiger partial charge in [-0.2, -0.15) is 0 Å². The molecule has 0 bridgehead atoms. The molecule has 9 heteroatoms. The van der Waals surface area contributed by atoms with Crippen LogP contribution in [0.25, 0.3) is 10.9 Å². The minimum absolute atomic E-state index is 0.0926. The average Bonchev–Trinajstić information content (AvgIpc) is 3.39. The standard InChI is InChI=1S/C22H28N6O2S/c1-2-22(29,21-23-7-13-31-21)16-4-3-8-28(15-16)20-18-6-5-17(14-19(18)24-26-25-20)27-9-11-30-12-10-27/h5-7,13-14,16,29H,2-4,8-12,15H2,1H3. The van der Waals surface area contributed by atoms with E-state index in [1.807, 2.05) is 12.3 Å². The van der Waals surface area contributed by atoms with Crippen LogP contribution >= 0.6 is 11.3 Å². The highest BCUT2D eigenvalue weighted by Gasteiger charge is 2.41. The SMILES string of the molecule is CCC(O)(c1nccs1)C1CCCN(c2nnnc3cc(N4CCOCC4)ccc23)C1. The summed E-state index contributed by atoms with van der Waals surface area (Å²) in [6.07, 6.45) is 4.38. The first-order chi connectivity index (χ1) is 15.2. The van der Waals surface area contributed by atoms with E-state index < -0.39 is 5.60 Å². The number of piperidine rings is 1. The zero-order valence-electron chi connectivity index (χ0n) is 17.8. The lowest BCUT2D eigenvalue weighted by Crippen LogP contribution is -2.46. The maximum absolute atomic E-state index is 11.5. The number of ether oxygens (including phenoxy) is 1. The molecule has 1 N–H and O–H groups in total. The predicted molar refractivity (Wildman–Crippen MR) is 122 cm³/mol. The summed E-state index contributed by atoms with van der Waals surface area (Å²) in [4.78, 5) is 9.01. The Morgan fingerprint density at radius 1 is 1.19 bits per heavy atom. The number of rotatable bonds is 5. The van der Waals surface area contributed by atoms with E-state index in [0.717, 1.165) is 79.7 Å². The highest BCUT2D eigenvalue weighted by Crippen LogP contribution is 2.40. The summed E-state index contributed by atoms with van der Waals surface area (Å²) in [6, 6.07) is 6.34. The van der Waals surface area contributed by atoms with Gasteiger partial charge in [-0.15, -0.1) is 21.5 Å². The Morgan fingerprint density at radius 2 is 2.06 bits per heavy atom. The average molecular weight is 441 g/mol. The van der Waals surface area contributed by atoms with Crippen LogP contribution in [0.3, 0.4) is 0 Å². The predicted octanol–water partition coefficient (Wildman–Crippen LogP) is 2.83. The summed E-state index contributed by atoms with van der Waals surface area (Å²) in [6.45, 7) is 6.93. The first kappa shape index (κ1) is 20.5. The first-order valence-corrected chi connectivity index (χ1v) is 11.9. The number of fused-ring (bicyclic) bond motifs is 1. The van der Waals surface area contributed by atoms with Crippen LogP contribution in [-0.2, 0) is 10.3 Å². The highest BCUT2D eigenvalue weighted by molar-refractivity contribution is 7.09. The van der Waals surface area contributed by atoms with Crippen molar-refractivity contribution in [3.63, 3.8) is 0 Å². The van der Waals surface area contributed by atoms with Crippen molar-refractivity contribution in [3.8, 4) is 0 Å². The number of hydrogen-bond acceptors (Lipinski definition) is 9. The number of nitrogens with zero attached hydrogens (tertiary/aromatic N) is 6. The van der Waals surface area contributed by atoms with Crippen LogP contribution < -0.4 is 9.80 Å². The van der Waals surface area contributed by atoms with E-state index in [2.05, 4.69) is 48.4 Å². The third-order valence-electron chi connectivity index (χ3n) is 6.63. The van der Waals surface area contributed by atoms with E-state index in [0.29, 0.717) is 6.42 Å². The Kier molecular flexibility index (Phi) is 5.73. The molecule has 0 aliphatic carbocycles. The van der Waals surface area contributed by atoms with Crippen LogP contribution in [-0.4, -0.2) is 64.9 Å². The second kappa shape index (κ2) is 8.64. The van der Waals surface area contributed by atoms with Gasteiger partial charge in [0.15, 0.2) is 5.82 Å². The molecule has 0 saturated carbocycles. The Labute approximate surface area is 185 Å². The largest absolute Gasteiger partial charge is 0.382 e. The van der Waals surface area contributed by atoms with E-state index in [1.165, 1.54) is 11.3 Å². The van der Waals surface area contributed by atoms with Gasteiger partial charge >= 0.3 is 0 Å². The minimum atomic E-state index is -0.910. The smallest absolute Gasteiger partial charge is 0.162 e. The molecule has 2 aliphatic heterocycles. The van der Waals surface area contributed by atoms with Crippen molar-refractivity contribution >= 4 is 33.7 Å². The van der Waals surface area contributed by atoms with Gasteiger partial charge in [0.2, 0.25) is 0 Å². The summed E-state index contributed by atoms with van der Waals surface area (Å²) in [5.74, 6) is 0.941. The number of aromatic nitrogens is 4. The molecule has 31 heavy (non-hydrogen) atoms. The Hall–Kier alpha value is -2.36. The lowest BCUT2D eigenvalue weighted by molar-refractivity contribution is -0.0333. The molecular formula is C22H28N6O2S. The second-order valence-electron chi connectivity index (χ2n) is 8.31. The summed E-state index contributed by atoms with van der Waals surface area (Å²) in [7, 11) is 0. The van der Waals surface area contributed by atoms with Crippen LogP contribution in [0.5, 0.6) is 0 Å². The molecule has 2 unspecified atom stereocenters. The number of morpholine rings is 1. The van der Waals surface area contributed by atoms with Crippen molar-refractivity contribution in [2.45, 2.75) is 31.8 Å². The third-order valence-corrected chi connectivity index (χ3v) is 7.57. The number of benzene rings is 1. The molecule has 3 aromatic rings. The van der Waals surface area contributed by atoms with Crippen molar-refractivity contribution in [2.75, 3.05) is 49.2 Å². The summed E-state index contributed by atoms with van der Waals surface area (Å²) < 4.78 is 5.47. The molecule has 0 spiro atoms. The van der Waals surface area contributed by atoms with Crippen LogP contribution in [0.15, 0.2) is 29.8 Å². The molecule has 164 valence electrons. The Bertz CT molecular complexity index is 1030. The Balaban J connectivity index is 1.43. The monoisotopic (exact) mass is 440 g/mol. The van der Waals surface area contributed by atoms with Crippen molar-refractivity contribution < 1.29 is 9.84 Å². The van der Waals surface area contributed by atoms with Crippen molar-refractivity contribution in [3.05, 3.63) is 34.8 Å². The molecule has 8 nitrogen and oxygen atoms in total.